The SMILES string of the molecule is NC(c1cn2nc(CC3C[C@@H](C(F)(F)F)CNC3=O)ccc2n1)C1CC2(C1)CC(F)(F)C2. The van der Waals surface area contributed by atoms with Crippen molar-refractivity contribution < 1.29 is 26.7 Å². The predicted molar refractivity (Wildman–Crippen MR) is 104 cm³/mol. The third kappa shape index (κ3) is 3.84. The van der Waals surface area contributed by atoms with E-state index in [1.165, 1.54) is 4.52 Å². The molecule has 2 aromatic heterocycles. The van der Waals surface area contributed by atoms with Crippen LogP contribution in [0.2, 0.25) is 0 Å². The minimum atomic E-state index is -4.35. The van der Waals surface area contributed by atoms with Crippen molar-refractivity contribution in [2.24, 2.45) is 28.9 Å². The molecule has 3 heterocycles. The van der Waals surface area contributed by atoms with Gasteiger partial charge in [0.1, 0.15) is 0 Å². The molecule has 6 nitrogen and oxygen atoms in total. The van der Waals surface area contributed by atoms with E-state index >= 15 is 0 Å². The zero-order chi connectivity index (χ0) is 22.9. The molecule has 0 radical (unpaired) electrons. The smallest absolute Gasteiger partial charge is 0.355 e. The van der Waals surface area contributed by atoms with Gasteiger partial charge in [-0.3, -0.25) is 4.79 Å². The van der Waals surface area contributed by atoms with Crippen molar-refractivity contribution >= 4 is 11.6 Å². The molecule has 2 aliphatic carbocycles. The van der Waals surface area contributed by atoms with Gasteiger partial charge in [0.25, 0.3) is 0 Å². The molecule has 3 N–H and O–H groups in total. The summed E-state index contributed by atoms with van der Waals surface area (Å²) in [6, 6.07) is 2.95. The number of nitrogens with two attached hydrogens (primary N) is 1. The molecule has 1 aliphatic heterocycles. The molecule has 2 aromatic rings. The topological polar surface area (TPSA) is 85.3 Å². The molecule has 1 amide bonds. The first-order valence-corrected chi connectivity index (χ1v) is 10.8. The highest BCUT2D eigenvalue weighted by molar-refractivity contribution is 5.79. The van der Waals surface area contributed by atoms with Gasteiger partial charge in [0.05, 0.1) is 29.5 Å². The first kappa shape index (κ1) is 21.5. The largest absolute Gasteiger partial charge is 0.393 e. The standard InChI is InChI=1S/C21H24F5N5O/c22-20(23)9-19(10-20)5-12(6-19)17(27)15-8-31-16(29-15)2-1-14(30-31)4-11-3-13(21(24,25)26)7-28-18(11)32/h1-2,8,11-13,17H,3-7,9-10,27H2,(H,28,32)/t11?,13-,17?/m1/s1. The van der Waals surface area contributed by atoms with Crippen molar-refractivity contribution in [2.75, 3.05) is 6.54 Å². The number of piperidine rings is 1. The predicted octanol–water partition coefficient (Wildman–Crippen LogP) is 3.41. The molecule has 0 aromatic carbocycles. The summed E-state index contributed by atoms with van der Waals surface area (Å²) in [4.78, 5) is 16.6. The number of hydrogen-bond donors (Lipinski definition) is 2. The maximum atomic E-state index is 13.2. The minimum Gasteiger partial charge on any atom is -0.355 e. The van der Waals surface area contributed by atoms with Gasteiger partial charge in [-0.1, -0.05) is 0 Å². The van der Waals surface area contributed by atoms with Crippen LogP contribution >= 0.6 is 0 Å². The summed E-state index contributed by atoms with van der Waals surface area (Å²) >= 11 is 0. The summed E-state index contributed by atoms with van der Waals surface area (Å²) in [5.74, 6) is -5.24. The Morgan fingerprint density at radius 1 is 1.25 bits per heavy atom. The van der Waals surface area contributed by atoms with Crippen LogP contribution in [0.25, 0.3) is 5.65 Å². The summed E-state index contributed by atoms with van der Waals surface area (Å²) in [5.41, 5.74) is 7.69. The molecule has 0 bridgehead atoms. The van der Waals surface area contributed by atoms with E-state index in [1.54, 1.807) is 18.3 Å². The maximum Gasteiger partial charge on any atom is 0.393 e. The first-order chi connectivity index (χ1) is 14.9. The van der Waals surface area contributed by atoms with Crippen LogP contribution in [0.4, 0.5) is 22.0 Å². The number of carbonyl (C=O) groups is 1. The van der Waals surface area contributed by atoms with E-state index in [0.29, 0.717) is 29.9 Å². The average Bonchev–Trinajstić information content (AvgIpc) is 3.07. The Kier molecular flexibility index (Phi) is 4.78. The lowest BCUT2D eigenvalue weighted by molar-refractivity contribution is -0.209. The van der Waals surface area contributed by atoms with Crippen LogP contribution < -0.4 is 11.1 Å². The summed E-state index contributed by atoms with van der Waals surface area (Å²) < 4.78 is 67.1. The van der Waals surface area contributed by atoms with E-state index in [9.17, 15) is 26.7 Å². The van der Waals surface area contributed by atoms with Gasteiger partial charge < -0.3 is 11.1 Å². The maximum absolute atomic E-state index is 13.2. The molecule has 1 spiro atoms. The van der Waals surface area contributed by atoms with Gasteiger partial charge in [-0.05, 0) is 42.7 Å². The quantitative estimate of drug-likeness (QED) is 0.690. The summed E-state index contributed by atoms with van der Waals surface area (Å²) in [7, 11) is 0. The second-order valence-electron chi connectivity index (χ2n) is 9.82. The molecular formula is C21H24F5N5O. The Bertz CT molecular complexity index is 1030. The molecule has 3 atom stereocenters. The molecule has 2 unspecified atom stereocenters. The van der Waals surface area contributed by atoms with E-state index in [0.717, 1.165) is 0 Å². The van der Waals surface area contributed by atoms with Gasteiger partial charge in [-0.15, -0.1) is 0 Å². The van der Waals surface area contributed by atoms with Gasteiger partial charge in [0.15, 0.2) is 5.65 Å². The molecule has 3 fully saturated rings. The molecule has 3 aliphatic rings. The van der Waals surface area contributed by atoms with E-state index in [2.05, 4.69) is 15.4 Å². The minimum absolute atomic E-state index is 0.0662. The van der Waals surface area contributed by atoms with Crippen LogP contribution in [0.1, 0.15) is 49.5 Å². The zero-order valence-electron chi connectivity index (χ0n) is 17.2. The second kappa shape index (κ2) is 7.10. The monoisotopic (exact) mass is 457 g/mol. The van der Waals surface area contributed by atoms with Crippen LogP contribution in [0, 0.1) is 23.2 Å². The number of carbonyl (C=O) groups excluding carboxylic acids is 1. The first-order valence-electron chi connectivity index (χ1n) is 10.8. The van der Waals surface area contributed by atoms with Crippen molar-refractivity contribution in [1.29, 1.82) is 0 Å². The number of amides is 1. The number of alkyl halides is 5. The van der Waals surface area contributed by atoms with Crippen molar-refractivity contribution in [3.05, 3.63) is 29.7 Å². The highest BCUT2D eigenvalue weighted by atomic mass is 19.4. The lowest BCUT2D eigenvalue weighted by Gasteiger charge is -2.58. The molecule has 11 heteroatoms. The Morgan fingerprint density at radius 2 is 1.97 bits per heavy atom. The second-order valence-corrected chi connectivity index (χ2v) is 9.82. The fourth-order valence-corrected chi connectivity index (χ4v) is 5.67. The average molecular weight is 457 g/mol. The number of imidazole rings is 1. The summed E-state index contributed by atoms with van der Waals surface area (Å²) in [5, 5.41) is 6.75. The molecule has 174 valence electrons. The molecule has 2 saturated carbocycles. The lowest BCUT2D eigenvalue weighted by atomic mass is 9.49. The van der Waals surface area contributed by atoms with Crippen LogP contribution in [-0.4, -0.2) is 39.1 Å². The summed E-state index contributed by atoms with van der Waals surface area (Å²) in [6.07, 6.45) is -1.67. The Balaban J connectivity index is 1.26. The van der Waals surface area contributed by atoms with Gasteiger partial charge in [0, 0.05) is 31.7 Å². The van der Waals surface area contributed by atoms with Gasteiger partial charge in [0.2, 0.25) is 11.8 Å². The van der Waals surface area contributed by atoms with Crippen LogP contribution in [0.5, 0.6) is 0 Å². The lowest BCUT2D eigenvalue weighted by Crippen LogP contribution is -2.55. The zero-order valence-corrected chi connectivity index (χ0v) is 17.2. The number of nitrogens with zero attached hydrogens (tertiary/aromatic N) is 3. The Morgan fingerprint density at radius 3 is 2.62 bits per heavy atom. The fraction of sp³-hybridized carbons (Fsp3) is 0.667. The van der Waals surface area contributed by atoms with Crippen molar-refractivity contribution in [3.8, 4) is 0 Å². The van der Waals surface area contributed by atoms with Gasteiger partial charge in [-0.25, -0.2) is 18.3 Å². The number of fused-ring (bicyclic) bond motifs is 1. The van der Waals surface area contributed by atoms with Crippen LogP contribution in [0.3, 0.4) is 0 Å². The number of aromatic nitrogens is 3. The summed E-state index contributed by atoms with van der Waals surface area (Å²) in [6.45, 7) is -0.395. The number of nitrogens with one attached hydrogen (secondary N) is 1. The Hall–Kier alpha value is -2.30. The third-order valence-electron chi connectivity index (χ3n) is 7.28. The molecular weight excluding hydrogens is 433 g/mol. The van der Waals surface area contributed by atoms with E-state index in [1.807, 2.05) is 0 Å². The van der Waals surface area contributed by atoms with E-state index in [4.69, 9.17) is 5.73 Å². The van der Waals surface area contributed by atoms with E-state index < -0.39 is 42.4 Å². The van der Waals surface area contributed by atoms with Crippen molar-refractivity contribution in [3.63, 3.8) is 0 Å². The molecule has 1 saturated heterocycles. The van der Waals surface area contributed by atoms with Gasteiger partial charge in [-0.2, -0.15) is 18.3 Å². The van der Waals surface area contributed by atoms with Crippen molar-refractivity contribution in [1.82, 2.24) is 19.9 Å². The molecule has 32 heavy (non-hydrogen) atoms. The molecule has 5 rings (SSSR count). The third-order valence-corrected chi connectivity index (χ3v) is 7.28. The fourth-order valence-electron chi connectivity index (χ4n) is 5.67. The van der Waals surface area contributed by atoms with E-state index in [-0.39, 0.29) is 37.0 Å². The normalized spacial score (nSPS) is 28.2. The highest BCUT2D eigenvalue weighted by Gasteiger charge is 2.62. The number of halogens is 5. The number of rotatable bonds is 4. The van der Waals surface area contributed by atoms with Crippen molar-refractivity contribution in [2.45, 2.75) is 56.7 Å². The Labute approximate surface area is 180 Å². The van der Waals surface area contributed by atoms with Gasteiger partial charge >= 0.3 is 6.18 Å². The van der Waals surface area contributed by atoms with Crippen LogP contribution in [-0.2, 0) is 11.2 Å². The number of hydrogen-bond acceptors (Lipinski definition) is 4. The highest BCUT2D eigenvalue weighted by Crippen LogP contribution is 2.66. The van der Waals surface area contributed by atoms with Crippen LogP contribution in [0.15, 0.2) is 18.3 Å².